The third kappa shape index (κ3) is 2.97. The van der Waals surface area contributed by atoms with Gasteiger partial charge >= 0.3 is 0 Å². The van der Waals surface area contributed by atoms with E-state index in [9.17, 15) is 4.79 Å². The molecule has 1 aromatic heterocycles. The molecule has 5 heteroatoms. The molecule has 1 heterocycles. The lowest BCUT2D eigenvalue weighted by atomic mass is 10.1. The fourth-order valence-electron chi connectivity index (χ4n) is 2.16. The first-order valence-electron chi connectivity index (χ1n) is 6.64. The molecule has 0 spiro atoms. The molecule has 0 radical (unpaired) electrons. The number of hydrogen-bond donors (Lipinski definition) is 2. The fraction of sp³-hybridized carbons (Fsp3) is 0.125. The summed E-state index contributed by atoms with van der Waals surface area (Å²) in [5.41, 5.74) is 2.69. The summed E-state index contributed by atoms with van der Waals surface area (Å²) < 4.78 is 1.02. The minimum Gasteiger partial charge on any atom is -0.343 e. The van der Waals surface area contributed by atoms with Gasteiger partial charge in [0.1, 0.15) is 0 Å². The summed E-state index contributed by atoms with van der Waals surface area (Å²) >= 11 is 3.40. The number of aromatic nitrogens is 2. The van der Waals surface area contributed by atoms with Gasteiger partial charge in [-0.25, -0.2) is 4.98 Å². The van der Waals surface area contributed by atoms with Crippen molar-refractivity contribution >= 4 is 32.9 Å². The van der Waals surface area contributed by atoms with Crippen molar-refractivity contribution in [1.82, 2.24) is 15.3 Å². The predicted octanol–water partition coefficient (Wildman–Crippen LogP) is 3.82. The average Bonchev–Trinajstić information content (AvgIpc) is 2.92. The highest BCUT2D eigenvalue weighted by Gasteiger charge is 2.14. The Labute approximate surface area is 130 Å². The van der Waals surface area contributed by atoms with Crippen LogP contribution in [-0.2, 0) is 0 Å². The van der Waals surface area contributed by atoms with Crippen LogP contribution in [0, 0.1) is 0 Å². The first kappa shape index (κ1) is 13.8. The van der Waals surface area contributed by atoms with Crippen molar-refractivity contribution < 1.29 is 4.79 Å². The highest BCUT2D eigenvalue weighted by atomic mass is 79.9. The van der Waals surface area contributed by atoms with E-state index in [1.54, 1.807) is 0 Å². The lowest BCUT2D eigenvalue weighted by Crippen LogP contribution is -2.27. The number of benzene rings is 2. The number of aromatic amines is 1. The van der Waals surface area contributed by atoms with Crippen LogP contribution < -0.4 is 5.32 Å². The molecule has 0 bridgehead atoms. The van der Waals surface area contributed by atoms with Gasteiger partial charge in [0.2, 0.25) is 0 Å². The molecule has 0 aliphatic carbocycles. The number of H-pyrrole nitrogens is 1. The van der Waals surface area contributed by atoms with E-state index in [2.05, 4.69) is 31.2 Å². The first-order valence-corrected chi connectivity index (χ1v) is 7.44. The van der Waals surface area contributed by atoms with E-state index in [1.165, 1.54) is 0 Å². The Bertz CT molecular complexity index is 747. The minimum absolute atomic E-state index is 0.0844. The molecule has 0 fully saturated rings. The van der Waals surface area contributed by atoms with Gasteiger partial charge in [0.05, 0.1) is 17.1 Å². The van der Waals surface area contributed by atoms with Gasteiger partial charge in [-0.2, -0.15) is 0 Å². The Hall–Kier alpha value is -2.14. The molecule has 0 saturated carbocycles. The SMILES string of the molecule is C[C@H](NC(=O)c1nc2ccccc2[nH]1)c1ccc(Br)cc1. The maximum atomic E-state index is 12.3. The monoisotopic (exact) mass is 343 g/mol. The van der Waals surface area contributed by atoms with Crippen molar-refractivity contribution in [3.05, 3.63) is 64.4 Å². The van der Waals surface area contributed by atoms with E-state index < -0.39 is 0 Å². The number of imidazole rings is 1. The van der Waals surface area contributed by atoms with Crippen LogP contribution in [0.3, 0.4) is 0 Å². The molecule has 4 nitrogen and oxygen atoms in total. The highest BCUT2D eigenvalue weighted by Crippen LogP contribution is 2.17. The summed E-state index contributed by atoms with van der Waals surface area (Å²) in [5, 5.41) is 2.94. The van der Waals surface area contributed by atoms with Gasteiger partial charge in [-0.05, 0) is 36.8 Å². The molecule has 0 unspecified atom stereocenters. The van der Waals surface area contributed by atoms with Crippen molar-refractivity contribution in [1.29, 1.82) is 0 Å². The molecule has 1 atom stereocenters. The molecular weight excluding hydrogens is 330 g/mol. The van der Waals surface area contributed by atoms with Crippen LogP contribution >= 0.6 is 15.9 Å². The smallest absolute Gasteiger partial charge is 0.287 e. The van der Waals surface area contributed by atoms with E-state index in [-0.39, 0.29) is 11.9 Å². The third-order valence-corrected chi connectivity index (χ3v) is 3.85. The fourth-order valence-corrected chi connectivity index (χ4v) is 2.42. The Morgan fingerprint density at radius 3 is 2.62 bits per heavy atom. The van der Waals surface area contributed by atoms with Gasteiger partial charge in [0.15, 0.2) is 5.82 Å². The topological polar surface area (TPSA) is 57.8 Å². The molecule has 0 aliphatic heterocycles. The van der Waals surface area contributed by atoms with Crippen LogP contribution in [-0.4, -0.2) is 15.9 Å². The summed E-state index contributed by atoms with van der Waals surface area (Å²) in [6.45, 7) is 1.95. The third-order valence-electron chi connectivity index (χ3n) is 3.32. The van der Waals surface area contributed by atoms with Gasteiger partial charge < -0.3 is 10.3 Å². The second-order valence-corrected chi connectivity index (χ2v) is 5.76. The lowest BCUT2D eigenvalue weighted by Gasteiger charge is -2.13. The number of carbonyl (C=O) groups excluding carboxylic acids is 1. The minimum atomic E-state index is -0.207. The van der Waals surface area contributed by atoms with Gasteiger partial charge in [-0.3, -0.25) is 4.79 Å². The number of amides is 1. The maximum Gasteiger partial charge on any atom is 0.287 e. The second-order valence-electron chi connectivity index (χ2n) is 4.85. The normalized spacial score (nSPS) is 12.3. The Kier molecular flexibility index (Phi) is 3.75. The molecule has 0 saturated heterocycles. The van der Waals surface area contributed by atoms with Gasteiger partial charge in [0.25, 0.3) is 5.91 Å². The van der Waals surface area contributed by atoms with Crippen molar-refractivity contribution in [3.63, 3.8) is 0 Å². The zero-order valence-corrected chi connectivity index (χ0v) is 13.0. The summed E-state index contributed by atoms with van der Waals surface area (Å²) in [6, 6.07) is 15.4. The Morgan fingerprint density at radius 2 is 1.90 bits per heavy atom. The zero-order chi connectivity index (χ0) is 14.8. The first-order chi connectivity index (χ1) is 10.1. The van der Waals surface area contributed by atoms with E-state index in [1.807, 2.05) is 55.5 Å². The molecule has 2 aromatic carbocycles. The van der Waals surface area contributed by atoms with E-state index in [0.29, 0.717) is 5.82 Å². The largest absolute Gasteiger partial charge is 0.343 e. The molecule has 21 heavy (non-hydrogen) atoms. The molecule has 3 rings (SSSR count). The van der Waals surface area contributed by atoms with Gasteiger partial charge in [-0.15, -0.1) is 0 Å². The Morgan fingerprint density at radius 1 is 1.19 bits per heavy atom. The number of para-hydroxylation sites is 2. The maximum absolute atomic E-state index is 12.3. The van der Waals surface area contributed by atoms with E-state index in [0.717, 1.165) is 21.1 Å². The molecule has 3 aromatic rings. The zero-order valence-electron chi connectivity index (χ0n) is 11.4. The molecular formula is C16H14BrN3O. The van der Waals surface area contributed by atoms with Crippen molar-refractivity contribution in [2.45, 2.75) is 13.0 Å². The summed E-state index contributed by atoms with van der Waals surface area (Å²) in [5.74, 6) is 0.127. The summed E-state index contributed by atoms with van der Waals surface area (Å²) in [4.78, 5) is 19.6. The number of nitrogens with one attached hydrogen (secondary N) is 2. The second kappa shape index (κ2) is 5.69. The van der Waals surface area contributed by atoms with Crippen molar-refractivity contribution in [2.75, 3.05) is 0 Å². The van der Waals surface area contributed by atoms with E-state index >= 15 is 0 Å². The number of halogens is 1. The van der Waals surface area contributed by atoms with Crippen molar-refractivity contribution in [3.8, 4) is 0 Å². The summed E-state index contributed by atoms with van der Waals surface area (Å²) in [6.07, 6.45) is 0. The molecule has 106 valence electrons. The van der Waals surface area contributed by atoms with Crippen molar-refractivity contribution in [2.24, 2.45) is 0 Å². The number of carbonyl (C=O) groups is 1. The highest BCUT2D eigenvalue weighted by molar-refractivity contribution is 9.10. The summed E-state index contributed by atoms with van der Waals surface area (Å²) in [7, 11) is 0. The van der Waals surface area contributed by atoms with Crippen LogP contribution in [0.4, 0.5) is 0 Å². The quantitative estimate of drug-likeness (QED) is 0.759. The molecule has 1 amide bonds. The standard InChI is InChI=1S/C16H14BrN3O/c1-10(11-6-8-12(17)9-7-11)18-16(21)15-19-13-4-2-3-5-14(13)20-15/h2-10H,1H3,(H,18,21)(H,19,20)/t10-/m0/s1. The average molecular weight is 344 g/mol. The Balaban J connectivity index is 1.77. The lowest BCUT2D eigenvalue weighted by molar-refractivity contribution is 0.0930. The van der Waals surface area contributed by atoms with Crippen LogP contribution in [0.2, 0.25) is 0 Å². The predicted molar refractivity (Wildman–Crippen MR) is 86.1 cm³/mol. The number of rotatable bonds is 3. The van der Waals surface area contributed by atoms with Gasteiger partial charge in [0, 0.05) is 4.47 Å². The number of fused-ring (bicyclic) bond motifs is 1. The van der Waals surface area contributed by atoms with E-state index in [4.69, 9.17) is 0 Å². The molecule has 2 N–H and O–H groups in total. The van der Waals surface area contributed by atoms with Crippen LogP contribution in [0.5, 0.6) is 0 Å². The number of hydrogen-bond acceptors (Lipinski definition) is 2. The number of nitrogens with zero attached hydrogens (tertiary/aromatic N) is 1. The van der Waals surface area contributed by atoms with Crippen LogP contribution in [0.25, 0.3) is 11.0 Å². The van der Waals surface area contributed by atoms with Crippen LogP contribution in [0.15, 0.2) is 53.0 Å². The van der Waals surface area contributed by atoms with Crippen LogP contribution in [0.1, 0.15) is 29.1 Å². The van der Waals surface area contributed by atoms with Gasteiger partial charge in [-0.1, -0.05) is 40.2 Å². The molecule has 0 aliphatic rings.